The third-order valence-corrected chi connectivity index (χ3v) is 7.82. The van der Waals surface area contributed by atoms with E-state index in [-0.39, 0.29) is 23.8 Å². The molecule has 35 heavy (non-hydrogen) atoms. The number of imide groups is 1. The molecule has 1 unspecified atom stereocenters. The van der Waals surface area contributed by atoms with Gasteiger partial charge in [0.05, 0.1) is 11.6 Å². The van der Waals surface area contributed by atoms with E-state index >= 15 is 0 Å². The molecule has 0 bridgehead atoms. The molecule has 1 aromatic heterocycles. The molecule has 3 aliphatic heterocycles. The van der Waals surface area contributed by atoms with Gasteiger partial charge >= 0.3 is 0 Å². The summed E-state index contributed by atoms with van der Waals surface area (Å²) in [6, 6.07) is 5.82. The van der Waals surface area contributed by atoms with E-state index in [1.54, 1.807) is 4.68 Å². The lowest BCUT2D eigenvalue weighted by atomic mass is 9.92. The zero-order valence-electron chi connectivity index (χ0n) is 20.7. The zero-order valence-corrected chi connectivity index (χ0v) is 20.7. The normalized spacial score (nSPS) is 23.0. The number of nitrogens with one attached hydrogen (secondary N) is 1. The van der Waals surface area contributed by atoms with Crippen molar-refractivity contribution in [1.29, 1.82) is 0 Å². The molecule has 1 aromatic carbocycles. The molecular formula is C26H35N5O4. The Labute approximate surface area is 205 Å². The van der Waals surface area contributed by atoms with Crippen LogP contribution in [0.15, 0.2) is 18.2 Å². The maximum atomic E-state index is 12.8. The molecule has 188 valence electrons. The lowest BCUT2D eigenvalue weighted by molar-refractivity contribution is -0.135. The van der Waals surface area contributed by atoms with E-state index in [1.165, 1.54) is 0 Å². The number of hydrogen-bond acceptors (Lipinski definition) is 6. The molecule has 3 aliphatic rings. The number of hydrogen-bond donors (Lipinski definition) is 1. The molecule has 5 rings (SSSR count). The van der Waals surface area contributed by atoms with Gasteiger partial charge in [-0.2, -0.15) is 5.10 Å². The number of ether oxygens (including phenoxy) is 1. The second-order valence-electron chi connectivity index (χ2n) is 10.3. The summed E-state index contributed by atoms with van der Waals surface area (Å²) in [4.78, 5) is 41.2. The number of amides is 3. The number of carbonyl (C=O) groups is 3. The minimum atomic E-state index is -0.439. The summed E-state index contributed by atoms with van der Waals surface area (Å²) in [5.74, 6) is 0.573. The van der Waals surface area contributed by atoms with Gasteiger partial charge in [-0.05, 0) is 51.4 Å². The van der Waals surface area contributed by atoms with Gasteiger partial charge in [-0.25, -0.2) is 0 Å². The first kappa shape index (κ1) is 23.8. The van der Waals surface area contributed by atoms with Crippen molar-refractivity contribution < 1.29 is 19.1 Å². The van der Waals surface area contributed by atoms with Crippen LogP contribution in [-0.4, -0.2) is 76.6 Å². The number of aryl methyl sites for hydroxylation is 1. The third kappa shape index (κ3) is 5.05. The maximum Gasteiger partial charge on any atom is 0.235 e. The Morgan fingerprint density at radius 3 is 2.51 bits per heavy atom. The van der Waals surface area contributed by atoms with Crippen LogP contribution in [0.25, 0.3) is 10.9 Å². The molecule has 1 atom stereocenters. The van der Waals surface area contributed by atoms with E-state index in [9.17, 15) is 14.4 Å². The van der Waals surface area contributed by atoms with E-state index in [4.69, 9.17) is 4.74 Å². The first-order valence-corrected chi connectivity index (χ1v) is 12.8. The molecular weight excluding hydrogens is 446 g/mol. The molecule has 0 spiro atoms. The van der Waals surface area contributed by atoms with Crippen molar-refractivity contribution in [3.63, 3.8) is 0 Å². The molecule has 0 aliphatic carbocycles. The Morgan fingerprint density at radius 2 is 1.80 bits per heavy atom. The highest BCUT2D eigenvalue weighted by Crippen LogP contribution is 2.35. The van der Waals surface area contributed by atoms with Crippen LogP contribution in [0.5, 0.6) is 5.75 Å². The van der Waals surface area contributed by atoms with Gasteiger partial charge in [0.1, 0.15) is 17.4 Å². The molecule has 3 amide bonds. The van der Waals surface area contributed by atoms with Crippen molar-refractivity contribution in [2.24, 2.45) is 13.0 Å². The Balaban J connectivity index is 1.22. The Morgan fingerprint density at radius 1 is 1.06 bits per heavy atom. The number of fused-ring (bicyclic) bond motifs is 1. The summed E-state index contributed by atoms with van der Waals surface area (Å²) >= 11 is 0. The summed E-state index contributed by atoms with van der Waals surface area (Å²) in [5, 5.41) is 7.96. The van der Waals surface area contributed by atoms with Crippen LogP contribution >= 0.6 is 0 Å². The number of carbonyl (C=O) groups excluding carboxylic acids is 3. The second kappa shape index (κ2) is 9.97. The number of piperidine rings is 3. The van der Waals surface area contributed by atoms with Gasteiger partial charge in [0.2, 0.25) is 17.7 Å². The SMILES string of the molecule is CN1CCC(CC(=O)N2CCC(Oc3cccc4c(C5CCC(=O)NC5=O)nn(C)c34)CC2)CC1. The Hall–Kier alpha value is -2.94. The molecule has 2 aromatic rings. The number of likely N-dealkylation sites (tertiary alicyclic amines) is 2. The topological polar surface area (TPSA) is 96.8 Å². The third-order valence-electron chi connectivity index (χ3n) is 7.82. The highest BCUT2D eigenvalue weighted by Gasteiger charge is 2.33. The summed E-state index contributed by atoms with van der Waals surface area (Å²) in [7, 11) is 4.00. The average Bonchev–Trinajstić information content (AvgIpc) is 3.18. The minimum Gasteiger partial charge on any atom is -0.488 e. The fourth-order valence-corrected chi connectivity index (χ4v) is 5.68. The number of benzene rings is 1. The van der Waals surface area contributed by atoms with E-state index in [0.717, 1.165) is 68.5 Å². The van der Waals surface area contributed by atoms with E-state index in [2.05, 4.69) is 22.4 Å². The predicted octanol–water partition coefficient (Wildman–Crippen LogP) is 2.20. The number of aromatic nitrogens is 2. The predicted molar refractivity (Wildman–Crippen MR) is 131 cm³/mol. The standard InChI is InChI=1S/C26H35N5O4/c1-29-12-8-17(9-13-29)16-23(33)31-14-10-18(11-15-31)35-21-5-3-4-19-24(28-30(2)25(19)21)20-6-7-22(32)27-26(20)34/h3-5,17-18,20H,6-16H2,1-2H3,(H,27,32,34). The molecule has 0 radical (unpaired) electrons. The Bertz CT molecular complexity index is 1110. The molecule has 4 heterocycles. The largest absolute Gasteiger partial charge is 0.488 e. The van der Waals surface area contributed by atoms with Gasteiger partial charge in [0.25, 0.3) is 0 Å². The van der Waals surface area contributed by atoms with Crippen molar-refractivity contribution in [3.8, 4) is 5.75 Å². The van der Waals surface area contributed by atoms with Crippen LogP contribution in [0.4, 0.5) is 0 Å². The monoisotopic (exact) mass is 481 g/mol. The Kier molecular flexibility index (Phi) is 6.77. The fourth-order valence-electron chi connectivity index (χ4n) is 5.68. The number of para-hydroxylation sites is 1. The highest BCUT2D eigenvalue weighted by atomic mass is 16.5. The van der Waals surface area contributed by atoms with Gasteiger partial charge in [-0.15, -0.1) is 0 Å². The van der Waals surface area contributed by atoms with Gasteiger partial charge < -0.3 is 14.5 Å². The summed E-state index contributed by atoms with van der Waals surface area (Å²) in [6.07, 6.45) is 5.29. The maximum absolute atomic E-state index is 12.8. The molecule has 9 nitrogen and oxygen atoms in total. The summed E-state index contributed by atoms with van der Waals surface area (Å²) in [6.45, 7) is 3.61. The van der Waals surface area contributed by atoms with Gasteiger partial charge in [0, 0.05) is 51.2 Å². The fraction of sp³-hybridized carbons (Fsp3) is 0.615. The van der Waals surface area contributed by atoms with E-state index in [1.807, 2.05) is 30.1 Å². The first-order valence-electron chi connectivity index (χ1n) is 12.8. The van der Waals surface area contributed by atoms with Crippen molar-refractivity contribution in [2.45, 2.75) is 57.0 Å². The van der Waals surface area contributed by atoms with Crippen LogP contribution in [0, 0.1) is 5.92 Å². The van der Waals surface area contributed by atoms with Crippen LogP contribution in [0.3, 0.4) is 0 Å². The smallest absolute Gasteiger partial charge is 0.235 e. The van der Waals surface area contributed by atoms with Crippen molar-refractivity contribution >= 4 is 28.6 Å². The van der Waals surface area contributed by atoms with Crippen molar-refractivity contribution in [2.75, 3.05) is 33.2 Å². The molecule has 1 N–H and O–H groups in total. The molecule has 3 fully saturated rings. The molecule has 9 heteroatoms. The average molecular weight is 482 g/mol. The van der Waals surface area contributed by atoms with Crippen LogP contribution in [0.1, 0.15) is 56.6 Å². The van der Waals surface area contributed by atoms with E-state index in [0.29, 0.717) is 30.9 Å². The van der Waals surface area contributed by atoms with Crippen molar-refractivity contribution in [1.82, 2.24) is 24.9 Å². The van der Waals surface area contributed by atoms with Gasteiger partial charge in [-0.3, -0.25) is 24.4 Å². The quantitative estimate of drug-likeness (QED) is 0.658. The lowest BCUT2D eigenvalue weighted by Gasteiger charge is -2.34. The zero-order chi connectivity index (χ0) is 24.5. The van der Waals surface area contributed by atoms with E-state index < -0.39 is 5.92 Å². The van der Waals surface area contributed by atoms with Gasteiger partial charge in [-0.1, -0.05) is 12.1 Å². The summed E-state index contributed by atoms with van der Waals surface area (Å²) < 4.78 is 8.19. The van der Waals surface area contributed by atoms with Crippen LogP contribution < -0.4 is 10.1 Å². The number of nitrogens with zero attached hydrogens (tertiary/aromatic N) is 4. The molecule has 0 saturated carbocycles. The van der Waals surface area contributed by atoms with Crippen LogP contribution in [-0.2, 0) is 21.4 Å². The molecule has 3 saturated heterocycles. The lowest BCUT2D eigenvalue weighted by Crippen LogP contribution is -2.43. The summed E-state index contributed by atoms with van der Waals surface area (Å²) in [5.41, 5.74) is 1.54. The first-order chi connectivity index (χ1) is 16.9. The number of rotatable bonds is 5. The highest BCUT2D eigenvalue weighted by molar-refractivity contribution is 6.02. The van der Waals surface area contributed by atoms with Crippen LogP contribution in [0.2, 0.25) is 0 Å². The second-order valence-corrected chi connectivity index (χ2v) is 10.3. The van der Waals surface area contributed by atoms with Crippen molar-refractivity contribution in [3.05, 3.63) is 23.9 Å². The van der Waals surface area contributed by atoms with Gasteiger partial charge in [0.15, 0.2) is 0 Å². The minimum absolute atomic E-state index is 0.0296.